The molecule has 0 aromatic heterocycles. The zero-order valence-corrected chi connectivity index (χ0v) is 13.8. The first-order chi connectivity index (χ1) is 11.5. The Morgan fingerprint density at radius 3 is 2.75 bits per heavy atom. The Balaban J connectivity index is 2.55. The first-order valence-electron chi connectivity index (χ1n) is 7.92. The number of nitrogens with zero attached hydrogens (tertiary/aromatic N) is 1. The summed E-state index contributed by atoms with van der Waals surface area (Å²) in [5.41, 5.74) is -0.954. The molecule has 0 bridgehead atoms. The van der Waals surface area contributed by atoms with E-state index < -0.39 is 28.8 Å². The van der Waals surface area contributed by atoms with E-state index in [4.69, 9.17) is 9.47 Å². The van der Waals surface area contributed by atoms with E-state index in [0.717, 1.165) is 0 Å². The fourth-order valence-corrected chi connectivity index (χ4v) is 3.43. The molecular formula is C17H21NO6. The number of carbonyl (C=O) groups is 2. The molecule has 0 unspecified atom stereocenters. The van der Waals surface area contributed by atoms with Crippen LogP contribution < -0.4 is 4.74 Å². The largest absolute Gasteiger partial charge is 0.497 e. The van der Waals surface area contributed by atoms with Gasteiger partial charge in [0.15, 0.2) is 5.78 Å². The number of nitro groups is 1. The molecule has 7 heteroatoms. The zero-order valence-electron chi connectivity index (χ0n) is 13.8. The van der Waals surface area contributed by atoms with E-state index in [1.165, 1.54) is 7.11 Å². The number of ketones is 1. The molecule has 2 rings (SSSR count). The Labute approximate surface area is 140 Å². The molecule has 0 saturated heterocycles. The standard InChI is InChI=1S/C17H21NO6/c1-3-24-16(20)17(9-5-8-15(17)19)14(11-18(21)22)12-6-4-7-13(10-12)23-2/h4,6-7,10,14H,3,5,8-9,11H2,1-2H3/t14-,17-/m0/s1. The van der Waals surface area contributed by atoms with Gasteiger partial charge in [-0.25, -0.2) is 0 Å². The lowest BCUT2D eigenvalue weighted by Gasteiger charge is -2.31. The van der Waals surface area contributed by atoms with Crippen LogP contribution >= 0.6 is 0 Å². The van der Waals surface area contributed by atoms with E-state index in [-0.39, 0.29) is 25.2 Å². The molecule has 0 aliphatic heterocycles. The van der Waals surface area contributed by atoms with Crippen LogP contribution in [0.4, 0.5) is 0 Å². The third-order valence-electron chi connectivity index (χ3n) is 4.53. The van der Waals surface area contributed by atoms with Gasteiger partial charge in [-0.1, -0.05) is 12.1 Å². The van der Waals surface area contributed by atoms with Gasteiger partial charge in [0.05, 0.1) is 19.6 Å². The van der Waals surface area contributed by atoms with Crippen molar-refractivity contribution in [1.29, 1.82) is 0 Å². The first-order valence-corrected chi connectivity index (χ1v) is 7.92. The molecule has 1 aliphatic carbocycles. The Kier molecular flexibility index (Phi) is 5.54. The molecular weight excluding hydrogens is 314 g/mol. The quantitative estimate of drug-likeness (QED) is 0.328. The SMILES string of the molecule is CCOC(=O)[C@]1([C@@H](C[N+](=O)[O-])c2cccc(OC)c2)CCCC1=O. The van der Waals surface area contributed by atoms with E-state index in [1.54, 1.807) is 31.2 Å². The number of rotatable bonds is 7. The highest BCUT2D eigenvalue weighted by Crippen LogP contribution is 2.48. The van der Waals surface area contributed by atoms with E-state index >= 15 is 0 Å². The summed E-state index contributed by atoms with van der Waals surface area (Å²) < 4.78 is 10.3. The number of methoxy groups -OCH3 is 1. The number of esters is 1. The molecule has 1 aromatic carbocycles. The summed E-state index contributed by atoms with van der Waals surface area (Å²) in [4.78, 5) is 36.0. The molecule has 1 saturated carbocycles. The van der Waals surface area contributed by atoms with Crippen LogP contribution in [0.3, 0.4) is 0 Å². The Morgan fingerprint density at radius 1 is 1.46 bits per heavy atom. The monoisotopic (exact) mass is 335 g/mol. The number of hydrogen-bond donors (Lipinski definition) is 0. The van der Waals surface area contributed by atoms with Crippen molar-refractivity contribution in [2.45, 2.75) is 32.1 Å². The molecule has 2 atom stereocenters. The zero-order chi connectivity index (χ0) is 17.7. The van der Waals surface area contributed by atoms with Crippen molar-refractivity contribution in [3.63, 3.8) is 0 Å². The van der Waals surface area contributed by atoms with Crippen LogP contribution in [-0.2, 0) is 14.3 Å². The van der Waals surface area contributed by atoms with E-state index in [9.17, 15) is 19.7 Å². The van der Waals surface area contributed by atoms with E-state index in [1.807, 2.05) is 0 Å². The molecule has 0 radical (unpaired) electrons. The van der Waals surface area contributed by atoms with Crippen molar-refractivity contribution >= 4 is 11.8 Å². The maximum absolute atomic E-state index is 12.6. The lowest BCUT2D eigenvalue weighted by Crippen LogP contribution is -2.45. The van der Waals surface area contributed by atoms with Gasteiger partial charge in [0.25, 0.3) is 0 Å². The van der Waals surface area contributed by atoms with Gasteiger partial charge in [0.2, 0.25) is 6.54 Å². The topological polar surface area (TPSA) is 95.7 Å². The fraction of sp³-hybridized carbons (Fsp3) is 0.529. The van der Waals surface area contributed by atoms with Crippen LogP contribution in [0.25, 0.3) is 0 Å². The Morgan fingerprint density at radius 2 is 2.21 bits per heavy atom. The van der Waals surface area contributed by atoms with Crippen molar-refractivity contribution < 1.29 is 24.0 Å². The molecule has 1 aromatic rings. The van der Waals surface area contributed by atoms with Crippen molar-refractivity contribution in [2.24, 2.45) is 5.41 Å². The smallest absolute Gasteiger partial charge is 0.320 e. The highest BCUT2D eigenvalue weighted by Gasteiger charge is 2.57. The van der Waals surface area contributed by atoms with Crippen molar-refractivity contribution in [1.82, 2.24) is 0 Å². The third kappa shape index (κ3) is 3.25. The molecule has 0 heterocycles. The van der Waals surface area contributed by atoms with Crippen LogP contribution in [0.15, 0.2) is 24.3 Å². The number of ether oxygens (including phenoxy) is 2. The minimum atomic E-state index is -1.49. The maximum atomic E-state index is 12.6. The lowest BCUT2D eigenvalue weighted by atomic mass is 9.69. The van der Waals surface area contributed by atoms with Crippen molar-refractivity contribution in [2.75, 3.05) is 20.3 Å². The Bertz CT molecular complexity index is 644. The van der Waals surface area contributed by atoms with Gasteiger partial charge in [-0.15, -0.1) is 0 Å². The minimum Gasteiger partial charge on any atom is -0.497 e. The highest BCUT2D eigenvalue weighted by molar-refractivity contribution is 6.06. The molecule has 0 N–H and O–H groups in total. The van der Waals surface area contributed by atoms with Gasteiger partial charge in [0.1, 0.15) is 11.2 Å². The Hall–Kier alpha value is -2.44. The number of carbonyl (C=O) groups excluding carboxylic acids is 2. The highest BCUT2D eigenvalue weighted by atomic mass is 16.6. The second-order valence-electron chi connectivity index (χ2n) is 5.81. The molecule has 0 spiro atoms. The predicted molar refractivity (Wildman–Crippen MR) is 85.5 cm³/mol. The van der Waals surface area contributed by atoms with Gasteiger partial charge in [-0.3, -0.25) is 19.7 Å². The normalized spacial score (nSPS) is 21.3. The van der Waals surface area contributed by atoms with Crippen LogP contribution in [0.1, 0.15) is 37.7 Å². The van der Waals surface area contributed by atoms with Gasteiger partial charge in [-0.2, -0.15) is 0 Å². The number of benzene rings is 1. The summed E-state index contributed by atoms with van der Waals surface area (Å²) in [5.74, 6) is -1.31. The minimum absolute atomic E-state index is 0.122. The fourth-order valence-electron chi connectivity index (χ4n) is 3.43. The predicted octanol–water partition coefficient (Wildman–Crippen LogP) is 2.36. The lowest BCUT2D eigenvalue weighted by molar-refractivity contribution is -0.485. The van der Waals surface area contributed by atoms with Crippen molar-refractivity contribution in [3.8, 4) is 5.75 Å². The number of Topliss-reactive ketones (excluding diaryl/α,β-unsaturated/α-hetero) is 1. The van der Waals surface area contributed by atoms with Crippen molar-refractivity contribution in [3.05, 3.63) is 39.9 Å². The molecule has 1 aliphatic rings. The van der Waals surface area contributed by atoms with Gasteiger partial charge in [0, 0.05) is 11.3 Å². The summed E-state index contributed by atoms with van der Waals surface area (Å²) in [6.45, 7) is 1.26. The van der Waals surface area contributed by atoms with E-state index in [2.05, 4.69) is 0 Å². The van der Waals surface area contributed by atoms with Crippen LogP contribution in [0.5, 0.6) is 5.75 Å². The maximum Gasteiger partial charge on any atom is 0.320 e. The average molecular weight is 335 g/mol. The molecule has 1 fully saturated rings. The van der Waals surface area contributed by atoms with Crippen LogP contribution in [-0.4, -0.2) is 36.9 Å². The van der Waals surface area contributed by atoms with E-state index in [0.29, 0.717) is 17.7 Å². The molecule has 7 nitrogen and oxygen atoms in total. The van der Waals surface area contributed by atoms with Crippen LogP contribution in [0.2, 0.25) is 0 Å². The molecule has 0 amide bonds. The van der Waals surface area contributed by atoms with Gasteiger partial charge < -0.3 is 9.47 Å². The number of hydrogen-bond acceptors (Lipinski definition) is 6. The summed E-state index contributed by atoms with van der Waals surface area (Å²) in [7, 11) is 1.49. The second-order valence-corrected chi connectivity index (χ2v) is 5.81. The summed E-state index contributed by atoms with van der Waals surface area (Å²) in [5, 5.41) is 11.2. The second kappa shape index (κ2) is 7.42. The average Bonchev–Trinajstić information content (AvgIpc) is 2.95. The first kappa shape index (κ1) is 17.9. The van der Waals surface area contributed by atoms with Crippen LogP contribution in [0, 0.1) is 15.5 Å². The third-order valence-corrected chi connectivity index (χ3v) is 4.53. The molecule has 24 heavy (non-hydrogen) atoms. The summed E-state index contributed by atoms with van der Waals surface area (Å²) in [6, 6.07) is 6.73. The summed E-state index contributed by atoms with van der Waals surface area (Å²) in [6.07, 6.45) is 1.02. The molecule has 130 valence electrons. The van der Waals surface area contributed by atoms with Gasteiger partial charge >= 0.3 is 5.97 Å². The summed E-state index contributed by atoms with van der Waals surface area (Å²) >= 11 is 0. The van der Waals surface area contributed by atoms with Gasteiger partial charge in [-0.05, 0) is 37.5 Å².